The Morgan fingerprint density at radius 1 is 1.06 bits per heavy atom. The lowest BCUT2D eigenvalue weighted by Crippen LogP contribution is -2.40. The summed E-state index contributed by atoms with van der Waals surface area (Å²) in [6.07, 6.45) is 0.977. The van der Waals surface area contributed by atoms with E-state index >= 15 is 0 Å². The van der Waals surface area contributed by atoms with Gasteiger partial charge >= 0.3 is 0 Å². The van der Waals surface area contributed by atoms with Crippen molar-refractivity contribution >= 4 is 37.5 Å². The van der Waals surface area contributed by atoms with Crippen molar-refractivity contribution < 1.29 is 13.2 Å². The van der Waals surface area contributed by atoms with E-state index in [1.807, 2.05) is 6.92 Å². The van der Waals surface area contributed by atoms with E-state index in [0.29, 0.717) is 30.8 Å². The molecule has 0 saturated carbocycles. The molecule has 0 unspecified atom stereocenters. The van der Waals surface area contributed by atoms with E-state index in [0.717, 1.165) is 27.1 Å². The summed E-state index contributed by atoms with van der Waals surface area (Å²) in [6.45, 7) is 9.55. The van der Waals surface area contributed by atoms with Gasteiger partial charge in [0, 0.05) is 25.6 Å². The zero-order chi connectivity index (χ0) is 23.0. The first-order chi connectivity index (χ1) is 15.2. The van der Waals surface area contributed by atoms with Gasteiger partial charge in [-0.05, 0) is 69.9 Å². The Bertz CT molecular complexity index is 1330. The van der Waals surface area contributed by atoms with E-state index in [1.54, 1.807) is 35.6 Å². The number of aryl methyl sites for hydroxylation is 4. The van der Waals surface area contributed by atoms with E-state index in [9.17, 15) is 13.2 Å². The number of aromatic nitrogens is 1. The maximum absolute atomic E-state index is 13.0. The number of benzene rings is 2. The predicted molar refractivity (Wildman–Crippen MR) is 128 cm³/mol. The van der Waals surface area contributed by atoms with Gasteiger partial charge in [0.15, 0.2) is 4.80 Å². The molecule has 1 amide bonds. The van der Waals surface area contributed by atoms with Crippen molar-refractivity contribution in [3.05, 3.63) is 57.9 Å². The molecule has 0 radical (unpaired) electrons. The molecule has 2 aromatic carbocycles. The van der Waals surface area contributed by atoms with Crippen LogP contribution in [-0.2, 0) is 21.4 Å². The molecule has 1 fully saturated rings. The van der Waals surface area contributed by atoms with Crippen molar-refractivity contribution in [2.24, 2.45) is 10.9 Å². The first kappa shape index (κ1) is 22.9. The van der Waals surface area contributed by atoms with Gasteiger partial charge in [-0.2, -0.15) is 9.30 Å². The van der Waals surface area contributed by atoms with Crippen LogP contribution in [0, 0.1) is 26.7 Å². The maximum Gasteiger partial charge on any atom is 0.251 e. The molecular weight excluding hydrogens is 442 g/mol. The molecule has 2 heterocycles. The molecule has 0 aliphatic carbocycles. The number of hydrogen-bond acceptors (Lipinski definition) is 4. The van der Waals surface area contributed by atoms with Gasteiger partial charge in [-0.15, -0.1) is 0 Å². The highest BCUT2D eigenvalue weighted by Gasteiger charge is 2.32. The minimum Gasteiger partial charge on any atom is -0.317 e. The number of nitrogens with zero attached hydrogens (tertiary/aromatic N) is 3. The predicted octanol–water partition coefficient (Wildman–Crippen LogP) is 4.18. The Morgan fingerprint density at radius 3 is 2.34 bits per heavy atom. The zero-order valence-electron chi connectivity index (χ0n) is 19.0. The summed E-state index contributed by atoms with van der Waals surface area (Å²) < 4.78 is 30.6. The summed E-state index contributed by atoms with van der Waals surface area (Å²) in [7, 11) is -3.53. The standard InChI is InChI=1S/C24H29N3O3S2/c1-5-27-21-15-17(3)14-18(4)22(21)31-24(27)25-23(28)19-10-12-26(13-11-19)32(29,30)20-8-6-16(2)7-9-20/h6-9,14-15,19H,5,10-13H2,1-4H3. The number of thiazole rings is 1. The highest BCUT2D eigenvalue weighted by atomic mass is 32.2. The molecule has 0 N–H and O–H groups in total. The molecule has 3 aromatic rings. The number of fused-ring (bicyclic) bond motifs is 1. The lowest BCUT2D eigenvalue weighted by atomic mass is 9.98. The second kappa shape index (κ2) is 8.92. The van der Waals surface area contributed by atoms with E-state index in [4.69, 9.17) is 0 Å². The van der Waals surface area contributed by atoms with Gasteiger partial charge in [-0.25, -0.2) is 8.42 Å². The number of hydrogen-bond donors (Lipinski definition) is 0. The summed E-state index contributed by atoms with van der Waals surface area (Å²) in [5.74, 6) is -0.404. The molecule has 4 rings (SSSR count). The molecule has 1 saturated heterocycles. The highest BCUT2D eigenvalue weighted by Crippen LogP contribution is 2.26. The van der Waals surface area contributed by atoms with Crippen LogP contribution in [0.5, 0.6) is 0 Å². The van der Waals surface area contributed by atoms with Gasteiger partial charge < -0.3 is 4.57 Å². The van der Waals surface area contributed by atoms with Crippen LogP contribution in [0.1, 0.15) is 36.5 Å². The third-order valence-electron chi connectivity index (χ3n) is 6.10. The van der Waals surface area contributed by atoms with Crippen LogP contribution in [0.15, 0.2) is 46.3 Å². The normalized spacial score (nSPS) is 16.7. The van der Waals surface area contributed by atoms with Crippen molar-refractivity contribution in [3.63, 3.8) is 0 Å². The molecule has 0 atom stereocenters. The van der Waals surface area contributed by atoms with Crippen LogP contribution in [0.4, 0.5) is 0 Å². The third-order valence-corrected chi connectivity index (χ3v) is 9.24. The van der Waals surface area contributed by atoms with Crippen LogP contribution in [0.3, 0.4) is 0 Å². The van der Waals surface area contributed by atoms with Gasteiger partial charge in [0.1, 0.15) is 0 Å². The monoisotopic (exact) mass is 471 g/mol. The second-order valence-electron chi connectivity index (χ2n) is 8.50. The Kier molecular flexibility index (Phi) is 6.38. The van der Waals surface area contributed by atoms with Crippen LogP contribution in [-0.4, -0.2) is 36.3 Å². The summed E-state index contributed by atoms with van der Waals surface area (Å²) in [4.78, 5) is 18.5. The van der Waals surface area contributed by atoms with Crippen LogP contribution in [0.2, 0.25) is 0 Å². The first-order valence-corrected chi connectivity index (χ1v) is 13.2. The van der Waals surface area contributed by atoms with Gasteiger partial charge in [0.25, 0.3) is 5.91 Å². The summed E-state index contributed by atoms with van der Waals surface area (Å²) in [6, 6.07) is 11.2. The first-order valence-electron chi connectivity index (χ1n) is 11.0. The van der Waals surface area contributed by atoms with E-state index in [-0.39, 0.29) is 11.8 Å². The number of carbonyl (C=O) groups excluding carboxylic acids is 1. The Hall–Kier alpha value is -2.29. The Balaban J connectivity index is 1.54. The van der Waals surface area contributed by atoms with Crippen LogP contribution >= 0.6 is 11.3 Å². The third kappa shape index (κ3) is 4.31. The molecule has 0 spiro atoms. The molecule has 32 heavy (non-hydrogen) atoms. The molecular formula is C24H29N3O3S2. The minimum atomic E-state index is -3.53. The fourth-order valence-electron chi connectivity index (χ4n) is 4.29. The summed E-state index contributed by atoms with van der Waals surface area (Å²) in [5, 5.41) is 0. The maximum atomic E-state index is 13.0. The largest absolute Gasteiger partial charge is 0.317 e. The average Bonchev–Trinajstić information content (AvgIpc) is 3.11. The minimum absolute atomic E-state index is 0.152. The number of carbonyl (C=O) groups is 1. The molecule has 8 heteroatoms. The Morgan fingerprint density at radius 2 is 1.72 bits per heavy atom. The molecule has 0 bridgehead atoms. The molecule has 1 aliphatic rings. The summed E-state index contributed by atoms with van der Waals surface area (Å²) in [5.41, 5.74) is 4.51. The molecule has 1 aliphatic heterocycles. The number of sulfonamides is 1. The topological polar surface area (TPSA) is 71.7 Å². The number of piperidine rings is 1. The summed E-state index contributed by atoms with van der Waals surface area (Å²) >= 11 is 1.55. The van der Waals surface area contributed by atoms with Crippen molar-refractivity contribution in [2.75, 3.05) is 13.1 Å². The van der Waals surface area contributed by atoms with Crippen molar-refractivity contribution in [3.8, 4) is 0 Å². The van der Waals surface area contributed by atoms with E-state index < -0.39 is 10.0 Å². The molecule has 6 nitrogen and oxygen atoms in total. The van der Waals surface area contributed by atoms with Gasteiger partial charge in [0.05, 0.1) is 15.1 Å². The fraction of sp³-hybridized carbons (Fsp3) is 0.417. The molecule has 170 valence electrons. The lowest BCUT2D eigenvalue weighted by Gasteiger charge is -2.29. The molecule has 1 aromatic heterocycles. The Labute approximate surface area is 193 Å². The van der Waals surface area contributed by atoms with Gasteiger partial charge in [0.2, 0.25) is 10.0 Å². The zero-order valence-corrected chi connectivity index (χ0v) is 20.6. The van der Waals surface area contributed by atoms with E-state index in [2.05, 4.69) is 42.5 Å². The van der Waals surface area contributed by atoms with Crippen molar-refractivity contribution in [1.82, 2.24) is 8.87 Å². The SMILES string of the molecule is CCn1c(=NC(=O)C2CCN(S(=O)(=O)c3ccc(C)cc3)CC2)sc2c(C)cc(C)cc21. The quantitative estimate of drug-likeness (QED) is 0.573. The van der Waals surface area contributed by atoms with Crippen LogP contribution in [0.25, 0.3) is 10.2 Å². The van der Waals surface area contributed by atoms with Crippen molar-refractivity contribution in [2.45, 2.75) is 52.0 Å². The number of rotatable bonds is 4. The number of amides is 1. The average molecular weight is 472 g/mol. The van der Waals surface area contributed by atoms with Gasteiger partial charge in [-0.3, -0.25) is 4.79 Å². The van der Waals surface area contributed by atoms with Gasteiger partial charge in [-0.1, -0.05) is 35.1 Å². The van der Waals surface area contributed by atoms with Crippen molar-refractivity contribution in [1.29, 1.82) is 0 Å². The van der Waals surface area contributed by atoms with E-state index in [1.165, 1.54) is 15.4 Å². The lowest BCUT2D eigenvalue weighted by molar-refractivity contribution is -0.122. The van der Waals surface area contributed by atoms with Crippen LogP contribution < -0.4 is 4.80 Å². The highest BCUT2D eigenvalue weighted by molar-refractivity contribution is 7.89. The fourth-order valence-corrected chi connectivity index (χ4v) is 6.91. The second-order valence-corrected chi connectivity index (χ2v) is 11.4. The smallest absolute Gasteiger partial charge is 0.251 e.